The van der Waals surface area contributed by atoms with Gasteiger partial charge in [0.15, 0.2) is 5.82 Å². The lowest BCUT2D eigenvalue weighted by Gasteiger charge is -2.32. The molecule has 1 N–H and O–H groups in total. The van der Waals surface area contributed by atoms with Gasteiger partial charge in [-0.15, -0.1) is 0 Å². The first kappa shape index (κ1) is 25.2. The molecule has 2 unspecified atom stereocenters. The fourth-order valence-electron chi connectivity index (χ4n) is 4.55. The summed E-state index contributed by atoms with van der Waals surface area (Å²) in [6, 6.07) is 7.30. The molecule has 36 heavy (non-hydrogen) atoms. The van der Waals surface area contributed by atoms with Gasteiger partial charge in [-0.05, 0) is 47.6 Å². The van der Waals surface area contributed by atoms with Crippen molar-refractivity contribution in [2.45, 2.75) is 52.9 Å². The van der Waals surface area contributed by atoms with Gasteiger partial charge in [-0.2, -0.15) is 10.2 Å². The molecule has 186 valence electrons. The van der Waals surface area contributed by atoms with Crippen LogP contribution in [0.5, 0.6) is 0 Å². The monoisotopic (exact) mass is 490 g/mol. The highest BCUT2D eigenvalue weighted by Crippen LogP contribution is 2.42. The molecule has 2 atom stereocenters. The van der Waals surface area contributed by atoms with E-state index in [9.17, 15) is 13.6 Å². The summed E-state index contributed by atoms with van der Waals surface area (Å²) < 4.78 is 29.2. The fourth-order valence-corrected chi connectivity index (χ4v) is 4.55. The van der Waals surface area contributed by atoms with Crippen molar-refractivity contribution in [2.75, 3.05) is 0 Å². The third kappa shape index (κ3) is 5.05. The summed E-state index contributed by atoms with van der Waals surface area (Å²) in [5.41, 5.74) is 2.18. The second-order valence-corrected chi connectivity index (χ2v) is 9.83. The van der Waals surface area contributed by atoms with Crippen LogP contribution in [0.3, 0.4) is 0 Å². The molecule has 0 radical (unpaired) electrons. The van der Waals surface area contributed by atoms with Gasteiger partial charge in [-0.1, -0.05) is 40.7 Å². The van der Waals surface area contributed by atoms with Crippen LogP contribution in [0, 0.1) is 17.0 Å². The zero-order chi connectivity index (χ0) is 26.0. The van der Waals surface area contributed by atoms with E-state index in [2.05, 4.69) is 57.8 Å². The van der Waals surface area contributed by atoms with Crippen molar-refractivity contribution in [1.82, 2.24) is 30.1 Å². The van der Waals surface area contributed by atoms with Gasteiger partial charge >= 0.3 is 5.69 Å². The van der Waals surface area contributed by atoms with E-state index >= 15 is 0 Å². The summed E-state index contributed by atoms with van der Waals surface area (Å²) in [6.07, 6.45) is 5.36. The number of halogens is 2. The second kappa shape index (κ2) is 10.0. The molecular formula is C27H28F2N6O. The van der Waals surface area contributed by atoms with Crippen molar-refractivity contribution in [3.05, 3.63) is 88.0 Å². The Morgan fingerprint density at radius 2 is 1.78 bits per heavy atom. The Kier molecular flexibility index (Phi) is 7.01. The number of nitrogens with zero attached hydrogens (tertiary/aromatic N) is 5. The van der Waals surface area contributed by atoms with Crippen LogP contribution >= 0.6 is 0 Å². The SMILES string of the molecule is CCC(c1cc(-c2c(F)cccc2F)nnc1C(C)c1ccnc(-c2cnc(=O)[nH]c2)n1)C(C)(C)C. The highest BCUT2D eigenvalue weighted by atomic mass is 19.1. The Bertz CT molecular complexity index is 1410. The first-order chi connectivity index (χ1) is 17.1. The number of benzene rings is 1. The predicted molar refractivity (Wildman–Crippen MR) is 133 cm³/mol. The van der Waals surface area contributed by atoms with Crippen molar-refractivity contribution in [3.8, 4) is 22.6 Å². The van der Waals surface area contributed by atoms with Gasteiger partial charge in [0.05, 0.1) is 28.2 Å². The highest BCUT2D eigenvalue weighted by molar-refractivity contribution is 5.62. The van der Waals surface area contributed by atoms with Gasteiger partial charge in [-0.3, -0.25) is 0 Å². The third-order valence-electron chi connectivity index (χ3n) is 6.36. The Morgan fingerprint density at radius 3 is 2.39 bits per heavy atom. The molecule has 1 aromatic carbocycles. The van der Waals surface area contributed by atoms with Crippen molar-refractivity contribution in [1.29, 1.82) is 0 Å². The summed E-state index contributed by atoms with van der Waals surface area (Å²) in [7, 11) is 0. The van der Waals surface area contributed by atoms with E-state index in [1.54, 1.807) is 18.3 Å². The van der Waals surface area contributed by atoms with E-state index in [0.29, 0.717) is 22.8 Å². The average Bonchev–Trinajstić information content (AvgIpc) is 2.84. The Balaban J connectivity index is 1.85. The normalized spacial score (nSPS) is 13.4. The van der Waals surface area contributed by atoms with E-state index in [-0.39, 0.29) is 28.5 Å². The molecular weight excluding hydrogens is 462 g/mol. The zero-order valence-electron chi connectivity index (χ0n) is 20.9. The number of hydrogen-bond acceptors (Lipinski definition) is 6. The van der Waals surface area contributed by atoms with Crippen LogP contribution in [0.2, 0.25) is 0 Å². The lowest BCUT2D eigenvalue weighted by molar-refractivity contribution is 0.309. The molecule has 0 fully saturated rings. The van der Waals surface area contributed by atoms with E-state index in [0.717, 1.165) is 12.0 Å². The Hall–Kier alpha value is -3.88. The minimum atomic E-state index is -0.685. The summed E-state index contributed by atoms with van der Waals surface area (Å²) in [5.74, 6) is -1.21. The summed E-state index contributed by atoms with van der Waals surface area (Å²) in [6.45, 7) is 10.4. The minimum absolute atomic E-state index is 0.0451. The molecule has 0 aliphatic carbocycles. The molecule has 4 aromatic rings. The second-order valence-electron chi connectivity index (χ2n) is 9.83. The lowest BCUT2D eigenvalue weighted by atomic mass is 9.73. The third-order valence-corrected chi connectivity index (χ3v) is 6.36. The first-order valence-electron chi connectivity index (χ1n) is 11.8. The maximum Gasteiger partial charge on any atom is 0.344 e. The van der Waals surface area contributed by atoms with Crippen LogP contribution in [-0.4, -0.2) is 30.1 Å². The Morgan fingerprint density at radius 1 is 1.06 bits per heavy atom. The van der Waals surface area contributed by atoms with Crippen LogP contribution in [0.25, 0.3) is 22.6 Å². The number of H-pyrrole nitrogens is 1. The van der Waals surface area contributed by atoms with E-state index in [1.807, 2.05) is 6.92 Å². The Labute approximate surface area is 208 Å². The lowest BCUT2D eigenvalue weighted by Crippen LogP contribution is -2.21. The molecule has 0 saturated carbocycles. The van der Waals surface area contributed by atoms with Gasteiger partial charge in [-0.25, -0.2) is 28.5 Å². The van der Waals surface area contributed by atoms with Crippen molar-refractivity contribution >= 4 is 0 Å². The molecule has 9 heteroatoms. The van der Waals surface area contributed by atoms with Crippen LogP contribution in [0.4, 0.5) is 8.78 Å². The van der Waals surface area contributed by atoms with Gasteiger partial charge < -0.3 is 4.98 Å². The highest BCUT2D eigenvalue weighted by Gasteiger charge is 2.31. The molecule has 0 bridgehead atoms. The largest absolute Gasteiger partial charge is 0.344 e. The molecule has 3 aromatic heterocycles. The van der Waals surface area contributed by atoms with Crippen LogP contribution in [-0.2, 0) is 0 Å². The maximum absolute atomic E-state index is 14.6. The van der Waals surface area contributed by atoms with Crippen LogP contribution in [0.15, 0.2) is 53.7 Å². The molecule has 0 amide bonds. The topological polar surface area (TPSA) is 97.3 Å². The molecule has 4 rings (SSSR count). The predicted octanol–water partition coefficient (Wildman–Crippen LogP) is 5.65. The van der Waals surface area contributed by atoms with E-state index in [1.165, 1.54) is 30.6 Å². The van der Waals surface area contributed by atoms with Crippen LogP contribution < -0.4 is 5.69 Å². The van der Waals surface area contributed by atoms with Crippen molar-refractivity contribution in [2.24, 2.45) is 5.41 Å². The van der Waals surface area contributed by atoms with Crippen molar-refractivity contribution in [3.63, 3.8) is 0 Å². The molecule has 0 aliphatic heterocycles. The zero-order valence-corrected chi connectivity index (χ0v) is 20.9. The van der Waals surface area contributed by atoms with Crippen molar-refractivity contribution < 1.29 is 8.78 Å². The van der Waals surface area contributed by atoms with E-state index in [4.69, 9.17) is 0 Å². The summed E-state index contributed by atoms with van der Waals surface area (Å²) in [4.78, 5) is 26.6. The van der Waals surface area contributed by atoms with E-state index < -0.39 is 17.3 Å². The van der Waals surface area contributed by atoms with Gasteiger partial charge in [0.25, 0.3) is 0 Å². The number of aromatic amines is 1. The van der Waals surface area contributed by atoms with Gasteiger partial charge in [0.1, 0.15) is 11.6 Å². The van der Waals surface area contributed by atoms with Gasteiger partial charge in [0, 0.05) is 24.5 Å². The molecule has 0 saturated heterocycles. The first-order valence-corrected chi connectivity index (χ1v) is 11.8. The molecule has 0 spiro atoms. The summed E-state index contributed by atoms with van der Waals surface area (Å²) in [5, 5.41) is 8.75. The smallest absolute Gasteiger partial charge is 0.312 e. The summed E-state index contributed by atoms with van der Waals surface area (Å²) >= 11 is 0. The number of rotatable bonds is 6. The quantitative estimate of drug-likeness (QED) is 0.375. The fraction of sp³-hybridized carbons (Fsp3) is 0.333. The van der Waals surface area contributed by atoms with Gasteiger partial charge in [0.2, 0.25) is 0 Å². The van der Waals surface area contributed by atoms with Crippen LogP contribution in [0.1, 0.15) is 69.8 Å². The average molecular weight is 491 g/mol. The number of aromatic nitrogens is 6. The maximum atomic E-state index is 14.6. The molecule has 3 heterocycles. The number of hydrogen-bond donors (Lipinski definition) is 1. The molecule has 0 aliphatic rings. The number of nitrogens with one attached hydrogen (secondary N) is 1. The minimum Gasteiger partial charge on any atom is -0.312 e. The molecule has 7 nitrogen and oxygen atoms in total. The standard InChI is InChI=1S/C27H28F2N6O/c1-6-18(27(3,4)5)17-12-22(23-19(28)8-7-9-20(23)29)34-35-24(17)15(2)21-10-11-30-25(33-21)16-13-31-26(36)32-14-16/h7-15,18H,6H2,1-5H3,(H,31,32,36).